The SMILES string of the molecule is CC(C)(C)COC1=CC2=NC(CSC3CCOCC3)=NC(=O)C2C(F)=C1. The smallest absolute Gasteiger partial charge is 0.263 e. The first kappa shape index (κ1) is 19.3. The molecule has 1 aliphatic carbocycles. The lowest BCUT2D eigenvalue weighted by atomic mass is 9.94. The standard InChI is InChI=1S/C19H25FN2O3S/c1-19(2,3)11-25-12-8-14(20)17-15(9-12)21-16(22-18(17)23)10-26-13-4-6-24-7-5-13/h8-9,13,17H,4-7,10-11H2,1-3H3. The predicted molar refractivity (Wildman–Crippen MR) is 102 cm³/mol. The Morgan fingerprint density at radius 3 is 2.69 bits per heavy atom. The van der Waals surface area contributed by atoms with Gasteiger partial charge < -0.3 is 9.47 Å². The van der Waals surface area contributed by atoms with Gasteiger partial charge >= 0.3 is 0 Å². The highest BCUT2D eigenvalue weighted by molar-refractivity contribution is 8.00. The molecule has 1 unspecified atom stereocenters. The molecule has 1 fully saturated rings. The summed E-state index contributed by atoms with van der Waals surface area (Å²) in [6.45, 7) is 8.12. The zero-order valence-corrected chi connectivity index (χ0v) is 16.3. The number of hydrogen-bond donors (Lipinski definition) is 0. The maximum absolute atomic E-state index is 14.4. The fourth-order valence-electron chi connectivity index (χ4n) is 2.82. The molecule has 1 amide bonds. The topological polar surface area (TPSA) is 60.2 Å². The number of thioether (sulfide) groups is 1. The van der Waals surface area contributed by atoms with Crippen molar-refractivity contribution in [2.45, 2.75) is 38.9 Å². The summed E-state index contributed by atoms with van der Waals surface area (Å²) in [6, 6.07) is 0. The number of allylic oxidation sites excluding steroid dienone is 2. The van der Waals surface area contributed by atoms with Crippen LogP contribution in [0.4, 0.5) is 4.39 Å². The van der Waals surface area contributed by atoms with Crippen LogP contribution in [0.3, 0.4) is 0 Å². The number of hydrogen-bond acceptors (Lipinski definition) is 5. The molecule has 0 spiro atoms. The second-order valence-electron chi connectivity index (χ2n) is 7.88. The molecule has 2 heterocycles. The van der Waals surface area contributed by atoms with E-state index in [1.165, 1.54) is 6.08 Å². The highest BCUT2D eigenvalue weighted by atomic mass is 32.2. The zero-order chi connectivity index (χ0) is 18.7. The average Bonchev–Trinajstić information content (AvgIpc) is 2.58. The third kappa shape index (κ3) is 5.04. The van der Waals surface area contributed by atoms with E-state index in [1.54, 1.807) is 17.8 Å². The van der Waals surface area contributed by atoms with Crippen LogP contribution in [0.15, 0.2) is 33.7 Å². The van der Waals surface area contributed by atoms with E-state index >= 15 is 0 Å². The minimum Gasteiger partial charge on any atom is -0.493 e. The molecule has 0 bridgehead atoms. The highest BCUT2D eigenvalue weighted by Gasteiger charge is 2.35. The Kier molecular flexibility index (Phi) is 5.97. The number of carbonyl (C=O) groups excluding carboxylic acids is 1. The number of carbonyl (C=O) groups is 1. The molecule has 0 aromatic carbocycles. The molecule has 26 heavy (non-hydrogen) atoms. The lowest BCUT2D eigenvalue weighted by Gasteiger charge is -2.25. The van der Waals surface area contributed by atoms with E-state index in [-0.39, 0.29) is 5.41 Å². The first-order valence-corrected chi connectivity index (χ1v) is 9.98. The van der Waals surface area contributed by atoms with E-state index in [4.69, 9.17) is 9.47 Å². The summed E-state index contributed by atoms with van der Waals surface area (Å²) >= 11 is 1.73. The molecular formula is C19H25FN2O3S. The van der Waals surface area contributed by atoms with Gasteiger partial charge in [-0.1, -0.05) is 20.8 Å². The van der Waals surface area contributed by atoms with Gasteiger partial charge in [-0.25, -0.2) is 9.38 Å². The Balaban J connectivity index is 1.69. The van der Waals surface area contributed by atoms with Gasteiger partial charge in [-0.3, -0.25) is 4.79 Å². The average molecular weight is 380 g/mol. The number of aliphatic imine (C=N–C) groups is 2. The molecular weight excluding hydrogens is 355 g/mol. The van der Waals surface area contributed by atoms with Crippen LogP contribution in [0, 0.1) is 11.3 Å². The molecule has 7 heteroatoms. The summed E-state index contributed by atoms with van der Waals surface area (Å²) in [4.78, 5) is 20.7. The Bertz CT molecular complexity index is 685. The molecule has 0 aromatic heterocycles. The van der Waals surface area contributed by atoms with Crippen molar-refractivity contribution in [3.63, 3.8) is 0 Å². The van der Waals surface area contributed by atoms with E-state index in [0.29, 0.717) is 34.9 Å². The summed E-state index contributed by atoms with van der Waals surface area (Å²) in [5.74, 6) is -0.659. The van der Waals surface area contributed by atoms with Gasteiger partial charge in [0, 0.05) is 30.6 Å². The number of fused-ring (bicyclic) bond motifs is 1. The van der Waals surface area contributed by atoms with Gasteiger partial charge in [-0.15, -0.1) is 0 Å². The highest BCUT2D eigenvalue weighted by Crippen LogP contribution is 2.30. The van der Waals surface area contributed by atoms with Gasteiger partial charge in [-0.2, -0.15) is 16.8 Å². The monoisotopic (exact) mass is 380 g/mol. The van der Waals surface area contributed by atoms with E-state index in [0.717, 1.165) is 26.1 Å². The van der Waals surface area contributed by atoms with Crippen LogP contribution in [0.25, 0.3) is 0 Å². The summed E-state index contributed by atoms with van der Waals surface area (Å²) in [6.07, 6.45) is 4.91. The van der Waals surface area contributed by atoms with Crippen LogP contribution in [0.5, 0.6) is 0 Å². The maximum Gasteiger partial charge on any atom is 0.263 e. The predicted octanol–water partition coefficient (Wildman–Crippen LogP) is 3.71. The fraction of sp³-hybridized carbons (Fsp3) is 0.632. The molecule has 1 saturated heterocycles. The molecule has 5 nitrogen and oxygen atoms in total. The van der Waals surface area contributed by atoms with Crippen molar-refractivity contribution in [2.75, 3.05) is 25.6 Å². The number of amidine groups is 1. The Morgan fingerprint density at radius 1 is 1.27 bits per heavy atom. The van der Waals surface area contributed by atoms with Crippen LogP contribution in [0.1, 0.15) is 33.6 Å². The van der Waals surface area contributed by atoms with Crippen molar-refractivity contribution in [1.29, 1.82) is 0 Å². The fourth-order valence-corrected chi connectivity index (χ4v) is 3.86. The van der Waals surface area contributed by atoms with E-state index in [1.807, 2.05) is 20.8 Å². The van der Waals surface area contributed by atoms with E-state index in [9.17, 15) is 9.18 Å². The van der Waals surface area contributed by atoms with Crippen molar-refractivity contribution in [1.82, 2.24) is 0 Å². The second-order valence-corrected chi connectivity index (χ2v) is 9.17. The van der Waals surface area contributed by atoms with Crippen LogP contribution in [-0.2, 0) is 14.3 Å². The molecule has 142 valence electrons. The van der Waals surface area contributed by atoms with E-state index < -0.39 is 17.7 Å². The molecule has 1 atom stereocenters. The normalized spacial score (nSPS) is 24.3. The summed E-state index contributed by atoms with van der Waals surface area (Å²) in [7, 11) is 0. The minimum atomic E-state index is -1.02. The Labute approximate surface area is 157 Å². The lowest BCUT2D eigenvalue weighted by Crippen LogP contribution is -2.31. The van der Waals surface area contributed by atoms with Crippen molar-refractivity contribution < 1.29 is 18.7 Å². The first-order chi connectivity index (χ1) is 12.3. The number of nitrogens with zero attached hydrogens (tertiary/aromatic N) is 2. The van der Waals surface area contributed by atoms with Crippen molar-refractivity contribution in [2.24, 2.45) is 21.3 Å². The molecule has 3 aliphatic rings. The number of ether oxygens (including phenoxy) is 2. The third-order valence-electron chi connectivity index (χ3n) is 4.17. The largest absolute Gasteiger partial charge is 0.493 e. The number of rotatable bonds is 5. The van der Waals surface area contributed by atoms with Crippen molar-refractivity contribution in [3.8, 4) is 0 Å². The first-order valence-electron chi connectivity index (χ1n) is 8.93. The Morgan fingerprint density at radius 2 is 2.00 bits per heavy atom. The van der Waals surface area contributed by atoms with Gasteiger partial charge in [-0.05, 0) is 18.3 Å². The quantitative estimate of drug-likeness (QED) is 0.730. The lowest BCUT2D eigenvalue weighted by molar-refractivity contribution is -0.119. The van der Waals surface area contributed by atoms with Gasteiger partial charge in [0.05, 0.1) is 18.1 Å². The summed E-state index contributed by atoms with van der Waals surface area (Å²) in [5, 5.41) is 0.490. The van der Waals surface area contributed by atoms with Gasteiger partial charge in [0.2, 0.25) is 0 Å². The van der Waals surface area contributed by atoms with Gasteiger partial charge in [0.1, 0.15) is 23.3 Å². The maximum atomic E-state index is 14.4. The van der Waals surface area contributed by atoms with Crippen LogP contribution < -0.4 is 0 Å². The molecule has 2 aliphatic heterocycles. The molecule has 0 radical (unpaired) electrons. The van der Waals surface area contributed by atoms with Crippen LogP contribution >= 0.6 is 11.8 Å². The molecule has 0 aromatic rings. The number of halogens is 1. The van der Waals surface area contributed by atoms with Crippen molar-refractivity contribution in [3.05, 3.63) is 23.7 Å². The minimum absolute atomic E-state index is 0.0425. The van der Waals surface area contributed by atoms with E-state index in [2.05, 4.69) is 9.98 Å². The van der Waals surface area contributed by atoms with Crippen LogP contribution in [-0.4, -0.2) is 48.3 Å². The summed E-state index contributed by atoms with van der Waals surface area (Å²) in [5.41, 5.74) is 0.343. The second kappa shape index (κ2) is 8.05. The summed E-state index contributed by atoms with van der Waals surface area (Å²) < 4.78 is 25.4. The van der Waals surface area contributed by atoms with Crippen molar-refractivity contribution >= 4 is 29.2 Å². The third-order valence-corrected chi connectivity index (χ3v) is 5.54. The number of amides is 1. The van der Waals surface area contributed by atoms with Gasteiger partial charge in [0.15, 0.2) is 0 Å². The molecule has 0 saturated carbocycles. The van der Waals surface area contributed by atoms with Gasteiger partial charge in [0.25, 0.3) is 5.91 Å². The Hall–Kier alpha value is -1.47. The molecule has 3 rings (SSSR count). The van der Waals surface area contributed by atoms with Crippen LogP contribution in [0.2, 0.25) is 0 Å². The zero-order valence-electron chi connectivity index (χ0n) is 15.5. The molecule has 0 N–H and O–H groups in total.